The van der Waals surface area contributed by atoms with E-state index in [0.717, 1.165) is 0 Å². The Bertz CT molecular complexity index is 1800. The molecular weight excluding hydrogens is 672 g/mol. The predicted octanol–water partition coefficient (Wildman–Crippen LogP) is 3.69. The van der Waals surface area contributed by atoms with Gasteiger partial charge in [0.05, 0.1) is 18.8 Å². The average Bonchev–Trinajstić information content (AvgIpc) is 3.12. The topological polar surface area (TPSA) is 165 Å². The quantitative estimate of drug-likeness (QED) is 0.116. The maximum atomic E-state index is 13.7. The van der Waals surface area contributed by atoms with Gasteiger partial charge in [-0.15, -0.1) is 11.8 Å². The summed E-state index contributed by atoms with van der Waals surface area (Å²) >= 11 is 1.24. The predicted molar refractivity (Wildman–Crippen MR) is 180 cm³/mol. The van der Waals surface area contributed by atoms with Crippen LogP contribution in [0.1, 0.15) is 34.9 Å². The molecule has 0 radical (unpaired) electrons. The molecule has 0 aromatic heterocycles. The Balaban J connectivity index is 1.26. The number of aliphatic carboxylic acids is 1. The lowest BCUT2D eigenvalue weighted by Gasteiger charge is -2.47. The van der Waals surface area contributed by atoms with Crippen LogP contribution in [0.4, 0.5) is 14.5 Å². The number of hydrogen-bond acceptors (Lipinski definition) is 8. The summed E-state index contributed by atoms with van der Waals surface area (Å²) in [5.41, 5.74) is 2.08. The Morgan fingerprint density at radius 1 is 0.840 bits per heavy atom. The van der Waals surface area contributed by atoms with Gasteiger partial charge in [0.2, 0.25) is 11.8 Å². The minimum absolute atomic E-state index is 0.158. The van der Waals surface area contributed by atoms with Gasteiger partial charge in [0.25, 0.3) is 5.91 Å². The summed E-state index contributed by atoms with van der Waals surface area (Å²) in [6.45, 7) is -1.34. The molecule has 4 aromatic rings. The van der Waals surface area contributed by atoms with Gasteiger partial charge in [0, 0.05) is 11.4 Å². The summed E-state index contributed by atoms with van der Waals surface area (Å²) < 4.78 is 32.7. The number of nitrogens with one attached hydrogen (secondary N) is 2. The number of aliphatic hydroxyl groups excluding tert-OH is 2. The van der Waals surface area contributed by atoms with Crippen molar-refractivity contribution in [2.75, 3.05) is 23.9 Å². The molecule has 3 amide bonds. The Hall–Kier alpha value is -5.31. The fourth-order valence-electron chi connectivity index (χ4n) is 5.31. The van der Waals surface area contributed by atoms with E-state index in [1.807, 2.05) is 0 Å². The van der Waals surface area contributed by atoms with Crippen molar-refractivity contribution in [3.63, 3.8) is 0 Å². The largest absolute Gasteiger partial charge is 0.484 e. The van der Waals surface area contributed by atoms with Crippen molar-refractivity contribution >= 4 is 41.1 Å². The Morgan fingerprint density at radius 3 is 2.06 bits per heavy atom. The van der Waals surface area contributed by atoms with Gasteiger partial charge in [-0.25, -0.2) is 13.6 Å². The molecule has 1 saturated heterocycles. The van der Waals surface area contributed by atoms with E-state index in [-0.39, 0.29) is 11.7 Å². The van der Waals surface area contributed by atoms with Crippen LogP contribution >= 0.6 is 11.8 Å². The van der Waals surface area contributed by atoms with Crippen LogP contribution in [0.3, 0.4) is 0 Å². The number of carbonyl (C=O) groups is 4. The van der Waals surface area contributed by atoms with Crippen molar-refractivity contribution in [3.8, 4) is 5.75 Å². The molecule has 0 spiro atoms. The maximum absolute atomic E-state index is 13.7. The van der Waals surface area contributed by atoms with Gasteiger partial charge in [-0.05, 0) is 65.2 Å². The molecule has 5 N–H and O–H groups in total. The minimum atomic E-state index is -1.57. The zero-order chi connectivity index (χ0) is 35.8. The van der Waals surface area contributed by atoms with Crippen molar-refractivity contribution in [1.29, 1.82) is 0 Å². The lowest BCUT2D eigenvalue weighted by atomic mass is 9.92. The highest BCUT2D eigenvalue weighted by molar-refractivity contribution is 8.00. The van der Waals surface area contributed by atoms with Gasteiger partial charge in [0.15, 0.2) is 6.61 Å². The monoisotopic (exact) mass is 705 g/mol. The van der Waals surface area contributed by atoms with E-state index >= 15 is 0 Å². The molecule has 1 aliphatic heterocycles. The van der Waals surface area contributed by atoms with Gasteiger partial charge in [-0.3, -0.25) is 14.4 Å². The van der Waals surface area contributed by atoms with Crippen molar-refractivity contribution in [2.24, 2.45) is 0 Å². The van der Waals surface area contributed by atoms with Gasteiger partial charge < -0.3 is 35.6 Å². The average molecular weight is 706 g/mol. The molecule has 14 heteroatoms. The molecule has 4 aromatic carbocycles. The number of amides is 3. The number of ether oxygens (including phenoxy) is 1. The fraction of sp³-hybridized carbons (Fsp3) is 0.222. The smallest absolute Gasteiger partial charge is 0.328 e. The molecule has 0 aliphatic carbocycles. The second-order valence-electron chi connectivity index (χ2n) is 11.3. The summed E-state index contributed by atoms with van der Waals surface area (Å²) in [5, 5.41) is 33.3. The molecule has 11 nitrogen and oxygen atoms in total. The SMILES string of the molecule is O=C(COc1ccc(C2C(SC[C@H](O)c3ccc(F)cc3)C(=O)N2c2ccc(F)cc2)cc1)N[C@@H](C(=O)N[C@H](CO)C(=O)O)c1ccccc1. The molecule has 50 heavy (non-hydrogen) atoms. The van der Waals surface area contributed by atoms with Crippen LogP contribution in [-0.2, 0) is 19.2 Å². The molecule has 5 rings (SSSR count). The number of nitrogens with zero attached hydrogens (tertiary/aromatic N) is 1. The van der Waals surface area contributed by atoms with E-state index < -0.39 is 72.1 Å². The fourth-order valence-corrected chi connectivity index (χ4v) is 6.61. The first-order valence-corrected chi connectivity index (χ1v) is 16.5. The number of carboxylic acids is 1. The Kier molecular flexibility index (Phi) is 11.8. The van der Waals surface area contributed by atoms with Gasteiger partial charge in [0.1, 0.15) is 34.7 Å². The van der Waals surface area contributed by atoms with Crippen LogP contribution in [-0.4, -0.2) is 69.3 Å². The number of rotatable bonds is 15. The highest BCUT2D eigenvalue weighted by atomic mass is 32.2. The third kappa shape index (κ3) is 8.64. The highest BCUT2D eigenvalue weighted by Crippen LogP contribution is 2.46. The van der Waals surface area contributed by atoms with Crippen molar-refractivity contribution in [2.45, 2.75) is 29.5 Å². The number of hydrogen-bond donors (Lipinski definition) is 5. The second-order valence-corrected chi connectivity index (χ2v) is 12.5. The lowest BCUT2D eigenvalue weighted by Crippen LogP contribution is -2.57. The third-order valence-electron chi connectivity index (χ3n) is 7.93. The first kappa shape index (κ1) is 36.0. The van der Waals surface area contributed by atoms with E-state index in [4.69, 9.17) is 4.74 Å². The number of anilines is 1. The zero-order valence-electron chi connectivity index (χ0n) is 26.3. The lowest BCUT2D eigenvalue weighted by molar-refractivity contribution is -0.143. The van der Waals surface area contributed by atoms with Gasteiger partial charge >= 0.3 is 5.97 Å². The van der Waals surface area contributed by atoms with E-state index in [9.17, 15) is 43.3 Å². The summed E-state index contributed by atoms with van der Waals surface area (Å²) in [6.07, 6.45) is -0.948. The molecule has 1 aliphatic rings. The van der Waals surface area contributed by atoms with Gasteiger partial charge in [-0.1, -0.05) is 54.6 Å². The zero-order valence-corrected chi connectivity index (χ0v) is 27.1. The van der Waals surface area contributed by atoms with Gasteiger partial charge in [-0.2, -0.15) is 0 Å². The maximum Gasteiger partial charge on any atom is 0.328 e. The van der Waals surface area contributed by atoms with Crippen molar-refractivity contribution < 1.29 is 48.0 Å². The Morgan fingerprint density at radius 2 is 1.46 bits per heavy atom. The second kappa shape index (κ2) is 16.4. The number of carboxylic acid groups (broad SMARTS) is 1. The molecule has 1 fully saturated rings. The summed E-state index contributed by atoms with van der Waals surface area (Å²) in [6, 6.07) is 22.4. The molecule has 0 bridgehead atoms. The molecule has 5 atom stereocenters. The molecular formula is C36H33F2N3O8S. The van der Waals surface area contributed by atoms with Crippen molar-refractivity contribution in [3.05, 3.63) is 131 Å². The van der Waals surface area contributed by atoms with E-state index in [1.165, 1.54) is 65.2 Å². The standard InChI is InChI=1S/C36H33F2N3O8S/c37-24-10-6-21(7-11-24)29(43)20-50-33-32(41(35(33)46)26-14-12-25(38)13-15-26)23-8-16-27(17-9-23)49-19-30(44)40-31(22-4-2-1-3-5-22)34(45)39-28(18-42)36(47)48/h1-17,28-29,31-33,42-43H,18-20H2,(H,39,45)(H,40,44)(H,47,48)/t28-,29+,31-,32?,33?/m1/s1. The number of thioether (sulfide) groups is 1. The normalized spacial score (nSPS) is 17.2. The molecule has 1 heterocycles. The van der Waals surface area contributed by atoms with Crippen LogP contribution in [0.2, 0.25) is 0 Å². The number of β-lactam (4-membered cyclic amide) rings is 1. The third-order valence-corrected chi connectivity index (χ3v) is 9.25. The number of benzene rings is 4. The van der Waals surface area contributed by atoms with Crippen LogP contribution in [0.25, 0.3) is 0 Å². The summed E-state index contributed by atoms with van der Waals surface area (Å²) in [5.74, 6) is -3.63. The number of carbonyl (C=O) groups excluding carboxylic acids is 3. The Labute approximate surface area is 289 Å². The first-order valence-electron chi connectivity index (χ1n) is 15.4. The number of aliphatic hydroxyl groups is 2. The molecule has 260 valence electrons. The van der Waals surface area contributed by atoms with Crippen LogP contribution in [0.5, 0.6) is 5.75 Å². The van der Waals surface area contributed by atoms with Crippen molar-refractivity contribution in [1.82, 2.24) is 10.6 Å². The van der Waals surface area contributed by atoms with Crippen LogP contribution in [0, 0.1) is 11.6 Å². The van der Waals surface area contributed by atoms with Crippen LogP contribution in [0.15, 0.2) is 103 Å². The molecule has 2 unspecified atom stereocenters. The van der Waals surface area contributed by atoms with E-state index in [2.05, 4.69) is 10.6 Å². The van der Waals surface area contributed by atoms with Crippen LogP contribution < -0.4 is 20.3 Å². The first-order chi connectivity index (χ1) is 24.0. The summed E-state index contributed by atoms with van der Waals surface area (Å²) in [7, 11) is 0. The van der Waals surface area contributed by atoms with E-state index in [1.54, 1.807) is 54.6 Å². The number of halogens is 2. The summed E-state index contributed by atoms with van der Waals surface area (Å²) in [4.78, 5) is 52.0. The molecule has 0 saturated carbocycles. The highest BCUT2D eigenvalue weighted by Gasteiger charge is 2.49. The minimum Gasteiger partial charge on any atom is -0.484 e. The van der Waals surface area contributed by atoms with E-state index in [0.29, 0.717) is 28.1 Å².